The van der Waals surface area contributed by atoms with E-state index in [1.54, 1.807) is 0 Å². The van der Waals surface area contributed by atoms with E-state index in [9.17, 15) is 8.42 Å². The molecule has 0 bridgehead atoms. The zero-order valence-electron chi connectivity index (χ0n) is 9.89. The maximum atomic E-state index is 11.5. The Balaban J connectivity index is 1.97. The lowest BCUT2D eigenvalue weighted by molar-refractivity contribution is 0.174. The van der Waals surface area contributed by atoms with Gasteiger partial charge in [0.2, 0.25) is 6.79 Å². The summed E-state index contributed by atoms with van der Waals surface area (Å²) in [6.45, 7) is 0.699. The molecule has 1 saturated heterocycles. The highest BCUT2D eigenvalue weighted by Gasteiger charge is 2.49. The summed E-state index contributed by atoms with van der Waals surface area (Å²) >= 11 is 0. The van der Waals surface area contributed by atoms with Crippen LogP contribution in [0.15, 0.2) is 18.2 Å². The van der Waals surface area contributed by atoms with Crippen molar-refractivity contribution in [1.82, 2.24) is 0 Å². The molecule has 0 radical (unpaired) electrons. The summed E-state index contributed by atoms with van der Waals surface area (Å²) in [5.41, 5.74) is 6.25. The molecule has 0 amide bonds. The minimum absolute atomic E-state index is 0.177. The van der Waals surface area contributed by atoms with Crippen molar-refractivity contribution in [3.05, 3.63) is 23.8 Å². The second kappa shape index (κ2) is 3.86. The lowest BCUT2D eigenvalue weighted by atomic mass is 9.80. The second-order valence-electron chi connectivity index (χ2n) is 4.92. The molecule has 0 unspecified atom stereocenters. The molecule has 18 heavy (non-hydrogen) atoms. The minimum atomic E-state index is -2.90. The van der Waals surface area contributed by atoms with Crippen LogP contribution in [0.5, 0.6) is 11.5 Å². The number of hydrogen-bond donors (Lipinski definition) is 1. The zero-order chi connectivity index (χ0) is 12.8. The van der Waals surface area contributed by atoms with Crippen LogP contribution in [-0.4, -0.2) is 33.3 Å². The minimum Gasteiger partial charge on any atom is -0.454 e. The summed E-state index contributed by atoms with van der Waals surface area (Å²) in [5.74, 6) is 1.75. The molecule has 5 nitrogen and oxygen atoms in total. The first-order valence-corrected chi connectivity index (χ1v) is 7.67. The van der Waals surface area contributed by atoms with E-state index in [0.29, 0.717) is 24.5 Å². The summed E-state index contributed by atoms with van der Waals surface area (Å²) in [5, 5.41) is 0. The number of nitrogens with two attached hydrogens (primary N) is 1. The van der Waals surface area contributed by atoms with Gasteiger partial charge in [-0.05, 0) is 30.7 Å². The molecule has 0 spiro atoms. The van der Waals surface area contributed by atoms with Gasteiger partial charge in [0.05, 0.1) is 11.5 Å². The summed E-state index contributed by atoms with van der Waals surface area (Å²) < 4.78 is 33.6. The number of benzene rings is 1. The largest absolute Gasteiger partial charge is 0.454 e. The first-order chi connectivity index (χ1) is 8.55. The molecule has 2 heterocycles. The van der Waals surface area contributed by atoms with E-state index in [4.69, 9.17) is 15.2 Å². The number of rotatable bonds is 3. The molecule has 2 aliphatic heterocycles. The SMILES string of the molecule is NCCC1(c2ccc3c(c2)OCO3)CS(=O)(=O)C1. The predicted molar refractivity (Wildman–Crippen MR) is 66.6 cm³/mol. The van der Waals surface area contributed by atoms with Crippen LogP contribution in [0, 0.1) is 0 Å². The van der Waals surface area contributed by atoms with Gasteiger partial charge in [0.15, 0.2) is 21.3 Å². The Morgan fingerprint density at radius 3 is 2.61 bits per heavy atom. The van der Waals surface area contributed by atoms with Crippen LogP contribution in [0.1, 0.15) is 12.0 Å². The van der Waals surface area contributed by atoms with Gasteiger partial charge in [-0.3, -0.25) is 0 Å². The first kappa shape index (κ1) is 11.8. The van der Waals surface area contributed by atoms with Gasteiger partial charge in [0.1, 0.15) is 0 Å². The molecule has 3 rings (SSSR count). The third-order valence-electron chi connectivity index (χ3n) is 3.60. The molecule has 98 valence electrons. The predicted octanol–water partition coefficient (Wildman–Crippen LogP) is 0.430. The van der Waals surface area contributed by atoms with Crippen LogP contribution < -0.4 is 15.2 Å². The van der Waals surface area contributed by atoms with E-state index in [-0.39, 0.29) is 23.7 Å². The van der Waals surface area contributed by atoms with Crippen LogP contribution in [0.4, 0.5) is 0 Å². The van der Waals surface area contributed by atoms with Crippen molar-refractivity contribution < 1.29 is 17.9 Å². The van der Waals surface area contributed by atoms with Crippen molar-refractivity contribution in [2.24, 2.45) is 5.73 Å². The van der Waals surface area contributed by atoms with Crippen LogP contribution in [0.2, 0.25) is 0 Å². The molecule has 1 fully saturated rings. The zero-order valence-corrected chi connectivity index (χ0v) is 10.7. The normalized spacial score (nSPS) is 22.5. The Morgan fingerprint density at radius 2 is 1.94 bits per heavy atom. The molecule has 0 atom stereocenters. The Labute approximate surface area is 106 Å². The molecule has 6 heteroatoms. The smallest absolute Gasteiger partial charge is 0.231 e. The van der Waals surface area contributed by atoms with Gasteiger partial charge in [-0.25, -0.2) is 8.42 Å². The van der Waals surface area contributed by atoms with Gasteiger partial charge >= 0.3 is 0 Å². The van der Waals surface area contributed by atoms with Gasteiger partial charge in [0, 0.05) is 5.41 Å². The average molecular weight is 269 g/mol. The third-order valence-corrected chi connectivity index (χ3v) is 5.59. The molecule has 0 aromatic heterocycles. The quantitative estimate of drug-likeness (QED) is 0.861. The average Bonchev–Trinajstić information content (AvgIpc) is 2.73. The van der Waals surface area contributed by atoms with Crippen molar-refractivity contribution in [2.45, 2.75) is 11.8 Å². The van der Waals surface area contributed by atoms with Crippen LogP contribution in [-0.2, 0) is 15.3 Å². The van der Waals surface area contributed by atoms with Gasteiger partial charge in [0.25, 0.3) is 0 Å². The van der Waals surface area contributed by atoms with Crippen molar-refractivity contribution in [1.29, 1.82) is 0 Å². The fourth-order valence-electron chi connectivity index (χ4n) is 2.76. The Kier molecular flexibility index (Phi) is 2.53. The van der Waals surface area contributed by atoms with Crippen molar-refractivity contribution in [3.8, 4) is 11.5 Å². The van der Waals surface area contributed by atoms with E-state index >= 15 is 0 Å². The molecule has 1 aromatic rings. The Bertz CT molecular complexity index is 570. The monoisotopic (exact) mass is 269 g/mol. The van der Waals surface area contributed by atoms with E-state index in [0.717, 1.165) is 5.56 Å². The Morgan fingerprint density at radius 1 is 1.22 bits per heavy atom. The highest BCUT2D eigenvalue weighted by molar-refractivity contribution is 7.93. The molecule has 0 aliphatic carbocycles. The van der Waals surface area contributed by atoms with Gasteiger partial charge in [-0.2, -0.15) is 0 Å². The van der Waals surface area contributed by atoms with Crippen molar-refractivity contribution >= 4 is 9.84 Å². The molecule has 2 aliphatic rings. The lowest BCUT2D eigenvalue weighted by Crippen LogP contribution is -2.53. The third kappa shape index (κ3) is 1.76. The molecule has 1 aromatic carbocycles. The van der Waals surface area contributed by atoms with Crippen LogP contribution in [0.3, 0.4) is 0 Å². The maximum absolute atomic E-state index is 11.5. The standard InChI is InChI=1S/C12H15NO4S/c13-4-3-12(6-18(14,15)7-12)9-1-2-10-11(5-9)17-8-16-10/h1-2,5H,3-4,6-8,13H2. The summed E-state index contributed by atoms with van der Waals surface area (Å²) in [4.78, 5) is 0. The number of hydrogen-bond acceptors (Lipinski definition) is 5. The molecule has 0 saturated carbocycles. The van der Waals surface area contributed by atoms with Crippen molar-refractivity contribution in [3.63, 3.8) is 0 Å². The van der Waals surface area contributed by atoms with E-state index in [2.05, 4.69) is 0 Å². The van der Waals surface area contributed by atoms with E-state index in [1.165, 1.54) is 0 Å². The van der Waals surface area contributed by atoms with Crippen molar-refractivity contribution in [2.75, 3.05) is 24.8 Å². The summed E-state index contributed by atoms with van der Waals surface area (Å²) in [6.07, 6.45) is 0.672. The summed E-state index contributed by atoms with van der Waals surface area (Å²) in [7, 11) is -2.90. The van der Waals surface area contributed by atoms with Gasteiger partial charge in [-0.15, -0.1) is 0 Å². The van der Waals surface area contributed by atoms with Crippen LogP contribution >= 0.6 is 0 Å². The molecular formula is C12H15NO4S. The second-order valence-corrected chi connectivity index (χ2v) is 6.98. The van der Waals surface area contributed by atoms with Gasteiger partial charge < -0.3 is 15.2 Å². The van der Waals surface area contributed by atoms with Gasteiger partial charge in [-0.1, -0.05) is 6.07 Å². The highest BCUT2D eigenvalue weighted by atomic mass is 32.2. The van der Waals surface area contributed by atoms with Crippen LogP contribution in [0.25, 0.3) is 0 Å². The topological polar surface area (TPSA) is 78.6 Å². The number of fused-ring (bicyclic) bond motifs is 1. The number of ether oxygens (including phenoxy) is 2. The summed E-state index contributed by atoms with van der Waals surface area (Å²) in [6, 6.07) is 5.63. The maximum Gasteiger partial charge on any atom is 0.231 e. The molecule has 2 N–H and O–H groups in total. The lowest BCUT2D eigenvalue weighted by Gasteiger charge is -2.41. The fraction of sp³-hybridized carbons (Fsp3) is 0.500. The molecular weight excluding hydrogens is 254 g/mol. The van der Waals surface area contributed by atoms with E-state index in [1.807, 2.05) is 18.2 Å². The highest BCUT2D eigenvalue weighted by Crippen LogP contribution is 2.43. The van der Waals surface area contributed by atoms with E-state index < -0.39 is 9.84 Å². The Hall–Kier alpha value is -1.27. The number of sulfone groups is 1. The first-order valence-electron chi connectivity index (χ1n) is 5.85. The fourth-order valence-corrected chi connectivity index (χ4v) is 4.98.